The highest BCUT2D eigenvalue weighted by Gasteiger charge is 2.27. The van der Waals surface area contributed by atoms with Crippen LogP contribution in [0, 0.1) is 10.1 Å². The summed E-state index contributed by atoms with van der Waals surface area (Å²) in [4.78, 5) is 34.7. The van der Waals surface area contributed by atoms with E-state index in [1.807, 2.05) is 6.07 Å². The minimum absolute atomic E-state index is 0.0640. The zero-order valence-corrected chi connectivity index (χ0v) is 17.0. The fourth-order valence-electron chi connectivity index (χ4n) is 2.93. The van der Waals surface area contributed by atoms with Gasteiger partial charge in [-0.25, -0.2) is 10.2 Å². The molecule has 1 amide bonds. The highest BCUT2D eigenvalue weighted by Crippen LogP contribution is 2.30. The monoisotopic (exact) mass is 447 g/mol. The Kier molecular flexibility index (Phi) is 6.26. The van der Waals surface area contributed by atoms with E-state index in [2.05, 4.69) is 10.5 Å². The minimum Gasteiger partial charge on any atom is -0.485 e. The lowest BCUT2D eigenvalue weighted by molar-refractivity contribution is -0.384. The summed E-state index contributed by atoms with van der Waals surface area (Å²) in [7, 11) is 0. The number of fused-ring (bicyclic) bond motifs is 1. The number of non-ortho nitro benzene ring substituents is 1. The summed E-state index contributed by atoms with van der Waals surface area (Å²) in [6.45, 7) is 0.0724. The smallest absolute Gasteiger partial charge is 0.343 e. The Morgan fingerprint density at radius 2 is 1.82 bits per heavy atom. The molecule has 1 aliphatic heterocycles. The molecule has 0 saturated carbocycles. The fraction of sp³-hybridized carbons (Fsp3) is 0.0870. The van der Waals surface area contributed by atoms with Gasteiger partial charge in [0, 0.05) is 12.1 Å². The lowest BCUT2D eigenvalue weighted by atomic mass is 10.2. The van der Waals surface area contributed by atoms with E-state index in [1.54, 1.807) is 30.3 Å². The largest absolute Gasteiger partial charge is 0.485 e. The zero-order valence-electron chi connectivity index (χ0n) is 17.0. The molecule has 10 nitrogen and oxygen atoms in total. The number of benzene rings is 3. The minimum atomic E-state index is -0.826. The van der Waals surface area contributed by atoms with Gasteiger partial charge in [0.1, 0.15) is 12.4 Å². The van der Waals surface area contributed by atoms with Crippen LogP contribution in [0.4, 0.5) is 5.69 Å². The van der Waals surface area contributed by atoms with Gasteiger partial charge < -0.3 is 14.2 Å². The van der Waals surface area contributed by atoms with E-state index in [4.69, 9.17) is 14.2 Å². The van der Waals surface area contributed by atoms with Gasteiger partial charge in [0.2, 0.25) is 6.10 Å². The Morgan fingerprint density at radius 3 is 2.58 bits per heavy atom. The first-order valence-corrected chi connectivity index (χ1v) is 9.78. The van der Waals surface area contributed by atoms with E-state index in [9.17, 15) is 19.7 Å². The number of rotatable bonds is 6. The number of hydrazone groups is 1. The number of carbonyl (C=O) groups excluding carboxylic acids is 2. The maximum atomic E-state index is 12.2. The molecule has 0 spiro atoms. The Morgan fingerprint density at radius 1 is 1.06 bits per heavy atom. The molecule has 1 N–H and O–H groups in total. The first kappa shape index (κ1) is 21.5. The van der Waals surface area contributed by atoms with Gasteiger partial charge in [-0.15, -0.1) is 0 Å². The molecule has 4 rings (SSSR count). The van der Waals surface area contributed by atoms with E-state index in [-0.39, 0.29) is 23.6 Å². The van der Waals surface area contributed by atoms with Crippen molar-refractivity contribution in [3.63, 3.8) is 0 Å². The second kappa shape index (κ2) is 9.60. The Balaban J connectivity index is 1.30. The number of amides is 1. The molecule has 0 bridgehead atoms. The van der Waals surface area contributed by atoms with Crippen molar-refractivity contribution in [3.05, 3.63) is 94.0 Å². The molecule has 1 heterocycles. The number of para-hydroxylation sites is 2. The van der Waals surface area contributed by atoms with Crippen molar-refractivity contribution < 1.29 is 28.7 Å². The predicted molar refractivity (Wildman–Crippen MR) is 117 cm³/mol. The normalized spacial score (nSPS) is 14.5. The van der Waals surface area contributed by atoms with Crippen LogP contribution in [0.2, 0.25) is 0 Å². The number of ether oxygens (including phenoxy) is 3. The summed E-state index contributed by atoms with van der Waals surface area (Å²) in [6.07, 6.45) is 0.592. The highest BCUT2D eigenvalue weighted by atomic mass is 16.6. The molecule has 33 heavy (non-hydrogen) atoms. The molecular formula is C23H17N3O7. The van der Waals surface area contributed by atoms with E-state index in [0.29, 0.717) is 17.1 Å². The molecule has 3 aromatic rings. The molecule has 0 fully saturated rings. The summed E-state index contributed by atoms with van der Waals surface area (Å²) in [5.41, 5.74) is 2.90. The van der Waals surface area contributed by atoms with Crippen LogP contribution in [0.5, 0.6) is 17.2 Å². The summed E-state index contributed by atoms with van der Waals surface area (Å²) in [6, 6.07) is 18.7. The van der Waals surface area contributed by atoms with Crippen molar-refractivity contribution in [2.24, 2.45) is 5.10 Å². The van der Waals surface area contributed by atoms with Crippen LogP contribution in [-0.2, 0) is 4.79 Å². The van der Waals surface area contributed by atoms with Crippen molar-refractivity contribution in [2.45, 2.75) is 6.10 Å². The van der Waals surface area contributed by atoms with Crippen molar-refractivity contribution in [1.82, 2.24) is 5.43 Å². The third-order valence-corrected chi connectivity index (χ3v) is 4.57. The number of nitro benzene ring substituents is 1. The van der Waals surface area contributed by atoms with Crippen LogP contribution < -0.4 is 19.6 Å². The first-order chi connectivity index (χ1) is 16.0. The molecule has 10 heteroatoms. The van der Waals surface area contributed by atoms with E-state index < -0.39 is 22.9 Å². The summed E-state index contributed by atoms with van der Waals surface area (Å²) < 4.78 is 16.3. The number of nitrogens with zero attached hydrogens (tertiary/aromatic N) is 2. The van der Waals surface area contributed by atoms with E-state index >= 15 is 0 Å². The average Bonchev–Trinajstić information content (AvgIpc) is 2.84. The molecule has 1 aliphatic rings. The molecule has 0 radical (unpaired) electrons. The van der Waals surface area contributed by atoms with Crippen LogP contribution in [0.1, 0.15) is 15.9 Å². The summed E-state index contributed by atoms with van der Waals surface area (Å²) in [5, 5.41) is 14.7. The van der Waals surface area contributed by atoms with Gasteiger partial charge in [0.15, 0.2) is 11.5 Å². The van der Waals surface area contributed by atoms with Gasteiger partial charge in [-0.1, -0.05) is 18.2 Å². The first-order valence-electron chi connectivity index (χ1n) is 9.78. The number of hydrogen-bond acceptors (Lipinski definition) is 8. The number of carbonyl (C=O) groups is 2. The number of hydrogen-bond donors (Lipinski definition) is 1. The van der Waals surface area contributed by atoms with E-state index in [0.717, 1.165) is 6.07 Å². The van der Waals surface area contributed by atoms with Crippen molar-refractivity contribution in [1.29, 1.82) is 0 Å². The van der Waals surface area contributed by atoms with Crippen molar-refractivity contribution in [3.8, 4) is 17.2 Å². The van der Waals surface area contributed by atoms with Crippen LogP contribution >= 0.6 is 0 Å². The molecule has 0 saturated heterocycles. The second-order valence-electron chi connectivity index (χ2n) is 6.86. The third-order valence-electron chi connectivity index (χ3n) is 4.57. The van der Waals surface area contributed by atoms with Crippen LogP contribution in [-0.4, -0.2) is 35.7 Å². The van der Waals surface area contributed by atoms with Crippen LogP contribution in [0.3, 0.4) is 0 Å². The SMILES string of the molecule is O=C(Oc1ccc(/C=N\NC(=O)[C@@H]2COc3ccccc3O2)cc1)c1cccc([N+](=O)[O-])c1. The van der Waals surface area contributed by atoms with Gasteiger partial charge >= 0.3 is 5.97 Å². The lowest BCUT2D eigenvalue weighted by Gasteiger charge is -2.24. The van der Waals surface area contributed by atoms with Gasteiger partial charge in [0.25, 0.3) is 11.6 Å². The van der Waals surface area contributed by atoms with Crippen molar-refractivity contribution >= 4 is 23.8 Å². The molecule has 0 aromatic heterocycles. The van der Waals surface area contributed by atoms with Crippen molar-refractivity contribution in [2.75, 3.05) is 6.61 Å². The molecule has 3 aromatic carbocycles. The summed E-state index contributed by atoms with van der Waals surface area (Å²) >= 11 is 0. The number of nitrogens with one attached hydrogen (secondary N) is 1. The topological polar surface area (TPSA) is 129 Å². The van der Waals surface area contributed by atoms with Crippen LogP contribution in [0.15, 0.2) is 77.9 Å². The molecule has 166 valence electrons. The van der Waals surface area contributed by atoms with Gasteiger partial charge in [0.05, 0.1) is 16.7 Å². The van der Waals surface area contributed by atoms with Crippen LogP contribution in [0.25, 0.3) is 0 Å². The standard InChI is InChI=1S/C23H17N3O7/c27-22(21-14-31-19-6-1-2-7-20(19)33-21)25-24-13-15-8-10-18(11-9-15)32-23(28)16-4-3-5-17(12-16)26(29)30/h1-13,21H,14H2,(H,25,27)/b24-13-/t21-/m0/s1. The molecule has 0 unspecified atom stereocenters. The number of nitro groups is 1. The molecule has 1 atom stereocenters. The number of esters is 1. The maximum absolute atomic E-state index is 12.2. The Hall–Kier alpha value is -4.73. The van der Waals surface area contributed by atoms with Gasteiger partial charge in [-0.3, -0.25) is 14.9 Å². The van der Waals surface area contributed by atoms with Gasteiger partial charge in [-0.05, 0) is 48.0 Å². The molecule has 0 aliphatic carbocycles. The predicted octanol–water partition coefficient (Wildman–Crippen LogP) is 3.10. The quantitative estimate of drug-likeness (QED) is 0.202. The zero-order chi connectivity index (χ0) is 23.2. The average molecular weight is 447 g/mol. The second-order valence-corrected chi connectivity index (χ2v) is 6.86. The fourth-order valence-corrected chi connectivity index (χ4v) is 2.93. The van der Waals surface area contributed by atoms with E-state index in [1.165, 1.54) is 36.5 Å². The van der Waals surface area contributed by atoms with Gasteiger partial charge in [-0.2, -0.15) is 5.10 Å². The Labute approximate surface area is 187 Å². The lowest BCUT2D eigenvalue weighted by Crippen LogP contribution is -2.42. The maximum Gasteiger partial charge on any atom is 0.343 e. The summed E-state index contributed by atoms with van der Waals surface area (Å²) in [5.74, 6) is 0.144. The highest BCUT2D eigenvalue weighted by molar-refractivity contribution is 5.92. The molecular weight excluding hydrogens is 430 g/mol. The third kappa shape index (κ3) is 5.31. The Bertz CT molecular complexity index is 1220.